The van der Waals surface area contributed by atoms with Crippen molar-refractivity contribution in [3.63, 3.8) is 0 Å². The number of carbonyl (C=O) groups is 1. The normalized spacial score (nSPS) is 17.1. The van der Waals surface area contributed by atoms with Crippen LogP contribution in [0.5, 0.6) is 0 Å². The summed E-state index contributed by atoms with van der Waals surface area (Å²) in [5.74, 6) is 1.85. The molecule has 1 amide bonds. The predicted octanol–water partition coefficient (Wildman–Crippen LogP) is 2.76. The molecule has 0 atom stereocenters. The number of para-hydroxylation sites is 1. The summed E-state index contributed by atoms with van der Waals surface area (Å²) in [5, 5.41) is 4.07. The van der Waals surface area contributed by atoms with E-state index in [1.54, 1.807) is 0 Å². The molecule has 7 heteroatoms. The van der Waals surface area contributed by atoms with E-state index in [4.69, 9.17) is 4.52 Å². The summed E-state index contributed by atoms with van der Waals surface area (Å²) >= 11 is 0. The second-order valence-corrected chi connectivity index (χ2v) is 7.46. The third-order valence-corrected chi connectivity index (χ3v) is 5.46. The molecule has 0 spiro atoms. The number of amides is 1. The van der Waals surface area contributed by atoms with Crippen LogP contribution in [0.1, 0.15) is 41.0 Å². The maximum Gasteiger partial charge on any atom is 0.270 e. The van der Waals surface area contributed by atoms with Crippen LogP contribution in [0.2, 0.25) is 0 Å². The lowest BCUT2D eigenvalue weighted by atomic mass is 10.2. The molecule has 5 rings (SSSR count). The lowest BCUT2D eigenvalue weighted by Gasteiger charge is -2.36. The van der Waals surface area contributed by atoms with E-state index < -0.39 is 0 Å². The molecule has 2 aromatic heterocycles. The number of benzene rings is 1. The van der Waals surface area contributed by atoms with Crippen LogP contribution >= 0.6 is 0 Å². The number of carbonyl (C=O) groups excluding carboxylic acids is 1. The van der Waals surface area contributed by atoms with Crippen molar-refractivity contribution in [2.75, 3.05) is 31.1 Å². The first-order chi connectivity index (χ1) is 13.8. The number of hydrogen-bond acceptors (Lipinski definition) is 5. The Morgan fingerprint density at radius 3 is 2.57 bits per heavy atom. The minimum absolute atomic E-state index is 0.0589. The molecule has 0 bridgehead atoms. The first kappa shape index (κ1) is 17.0. The van der Waals surface area contributed by atoms with Crippen molar-refractivity contribution in [2.24, 2.45) is 0 Å². The maximum absolute atomic E-state index is 13.1. The van der Waals surface area contributed by atoms with Gasteiger partial charge in [-0.15, -0.1) is 0 Å². The van der Waals surface area contributed by atoms with E-state index in [9.17, 15) is 4.79 Å². The van der Waals surface area contributed by atoms with Crippen molar-refractivity contribution >= 4 is 11.6 Å². The summed E-state index contributed by atoms with van der Waals surface area (Å²) in [6, 6.07) is 14.1. The quantitative estimate of drug-likeness (QED) is 0.684. The smallest absolute Gasteiger partial charge is 0.270 e. The van der Waals surface area contributed by atoms with Crippen LogP contribution < -0.4 is 4.90 Å². The monoisotopic (exact) mass is 377 g/mol. The average Bonchev–Trinajstić information content (AvgIpc) is 3.32. The zero-order valence-electron chi connectivity index (χ0n) is 15.7. The van der Waals surface area contributed by atoms with Gasteiger partial charge in [0.2, 0.25) is 5.89 Å². The molecule has 1 saturated heterocycles. The lowest BCUT2D eigenvalue weighted by molar-refractivity contribution is 0.0736. The van der Waals surface area contributed by atoms with Gasteiger partial charge >= 0.3 is 0 Å². The van der Waals surface area contributed by atoms with Gasteiger partial charge in [0.1, 0.15) is 5.69 Å². The summed E-state index contributed by atoms with van der Waals surface area (Å²) in [7, 11) is 0. The van der Waals surface area contributed by atoms with Crippen LogP contribution in [0.4, 0.5) is 5.69 Å². The van der Waals surface area contributed by atoms with E-state index in [0.717, 1.165) is 31.8 Å². The molecule has 1 aromatic carbocycles. The summed E-state index contributed by atoms with van der Waals surface area (Å²) in [5.41, 5.74) is 1.88. The molecule has 2 aliphatic rings. The van der Waals surface area contributed by atoms with E-state index in [2.05, 4.69) is 27.2 Å². The molecule has 28 heavy (non-hydrogen) atoms. The molecule has 0 unspecified atom stereocenters. The zero-order chi connectivity index (χ0) is 18.9. The third-order valence-electron chi connectivity index (χ3n) is 5.46. The number of anilines is 1. The van der Waals surface area contributed by atoms with E-state index in [0.29, 0.717) is 37.1 Å². The molecular formula is C21H23N5O2. The third kappa shape index (κ3) is 3.40. The molecule has 7 nitrogen and oxygen atoms in total. The van der Waals surface area contributed by atoms with Crippen LogP contribution in [0.3, 0.4) is 0 Å². The molecule has 1 aliphatic carbocycles. The molecule has 0 radical (unpaired) electrons. The Morgan fingerprint density at radius 1 is 1.04 bits per heavy atom. The Bertz CT molecular complexity index is 952. The number of nitrogens with zero attached hydrogens (tertiary/aromatic N) is 5. The van der Waals surface area contributed by atoms with Crippen LogP contribution in [-0.4, -0.2) is 51.7 Å². The molecule has 144 valence electrons. The Labute approximate surface area is 163 Å². The molecule has 1 saturated carbocycles. The fraction of sp³-hybridized carbons (Fsp3) is 0.381. The summed E-state index contributed by atoms with van der Waals surface area (Å²) in [6.45, 7) is 3.56. The van der Waals surface area contributed by atoms with Gasteiger partial charge in [-0.05, 0) is 37.1 Å². The maximum atomic E-state index is 13.1. The Morgan fingerprint density at radius 2 is 1.82 bits per heavy atom. The largest absolute Gasteiger partial charge is 0.368 e. The first-order valence-electron chi connectivity index (χ1n) is 9.85. The van der Waals surface area contributed by atoms with Crippen molar-refractivity contribution in [3.05, 3.63) is 66.1 Å². The standard InChI is InChI=1S/C21H23N5O2/c27-21(25-13-11-24(12-14-25)17-5-2-1-3-6-17)18-7-4-10-26(18)15-19-22-20(28-23-19)16-8-9-16/h1-7,10,16H,8-9,11-15H2. The summed E-state index contributed by atoms with van der Waals surface area (Å²) in [6.07, 6.45) is 4.16. The molecule has 3 aromatic rings. The number of hydrogen-bond donors (Lipinski definition) is 0. The Hall–Kier alpha value is -3.09. The Kier molecular flexibility index (Phi) is 4.35. The number of aromatic nitrogens is 3. The molecular weight excluding hydrogens is 354 g/mol. The van der Waals surface area contributed by atoms with Crippen molar-refractivity contribution in [3.8, 4) is 0 Å². The van der Waals surface area contributed by atoms with E-state index in [-0.39, 0.29) is 5.91 Å². The highest BCUT2D eigenvalue weighted by Crippen LogP contribution is 2.38. The fourth-order valence-corrected chi connectivity index (χ4v) is 3.69. The molecule has 0 N–H and O–H groups in total. The minimum Gasteiger partial charge on any atom is -0.368 e. The van der Waals surface area contributed by atoms with E-state index in [1.807, 2.05) is 46.0 Å². The van der Waals surface area contributed by atoms with E-state index in [1.165, 1.54) is 5.69 Å². The van der Waals surface area contributed by atoms with Crippen LogP contribution in [0.15, 0.2) is 53.2 Å². The van der Waals surface area contributed by atoms with Crippen LogP contribution in [0, 0.1) is 0 Å². The second kappa shape index (κ2) is 7.14. The average molecular weight is 377 g/mol. The van der Waals surface area contributed by atoms with Gasteiger partial charge in [0.25, 0.3) is 5.91 Å². The van der Waals surface area contributed by atoms with Gasteiger partial charge in [-0.2, -0.15) is 4.98 Å². The number of piperazine rings is 1. The van der Waals surface area contributed by atoms with Gasteiger partial charge < -0.3 is 18.9 Å². The Balaban J connectivity index is 1.24. The highest BCUT2D eigenvalue weighted by molar-refractivity contribution is 5.93. The first-order valence-corrected chi connectivity index (χ1v) is 9.85. The molecule has 1 aliphatic heterocycles. The van der Waals surface area contributed by atoms with Gasteiger partial charge in [-0.1, -0.05) is 23.4 Å². The summed E-state index contributed by atoms with van der Waals surface area (Å²) < 4.78 is 7.24. The van der Waals surface area contributed by atoms with Gasteiger partial charge in [-0.25, -0.2) is 0 Å². The van der Waals surface area contributed by atoms with Crippen LogP contribution in [0.25, 0.3) is 0 Å². The van der Waals surface area contributed by atoms with Crippen molar-refractivity contribution in [2.45, 2.75) is 25.3 Å². The summed E-state index contributed by atoms with van der Waals surface area (Å²) in [4.78, 5) is 21.8. The zero-order valence-corrected chi connectivity index (χ0v) is 15.7. The minimum atomic E-state index is 0.0589. The van der Waals surface area contributed by atoms with Crippen molar-refractivity contribution in [1.29, 1.82) is 0 Å². The highest BCUT2D eigenvalue weighted by Gasteiger charge is 2.30. The SMILES string of the molecule is O=C(c1cccn1Cc1noc(C2CC2)n1)N1CCN(c2ccccc2)CC1. The second-order valence-electron chi connectivity index (χ2n) is 7.46. The van der Waals surface area contributed by atoms with Gasteiger partial charge in [0.05, 0.1) is 6.54 Å². The fourth-order valence-electron chi connectivity index (χ4n) is 3.69. The highest BCUT2D eigenvalue weighted by atomic mass is 16.5. The lowest BCUT2D eigenvalue weighted by Crippen LogP contribution is -2.49. The molecule has 3 heterocycles. The topological polar surface area (TPSA) is 67.4 Å². The van der Waals surface area contributed by atoms with Gasteiger partial charge in [-0.3, -0.25) is 4.79 Å². The van der Waals surface area contributed by atoms with Crippen LogP contribution in [-0.2, 0) is 6.54 Å². The number of rotatable bonds is 5. The van der Waals surface area contributed by atoms with Crippen molar-refractivity contribution < 1.29 is 9.32 Å². The van der Waals surface area contributed by atoms with E-state index >= 15 is 0 Å². The predicted molar refractivity (Wildman–Crippen MR) is 104 cm³/mol. The van der Waals surface area contributed by atoms with Crippen molar-refractivity contribution in [1.82, 2.24) is 19.6 Å². The van der Waals surface area contributed by atoms with Gasteiger partial charge in [0, 0.05) is 44.0 Å². The molecule has 2 fully saturated rings. The van der Waals surface area contributed by atoms with Gasteiger partial charge in [0.15, 0.2) is 5.82 Å².